The number of ether oxygens (including phenoxy) is 1. The Kier molecular flexibility index (Phi) is 9.67. The van der Waals surface area contributed by atoms with E-state index in [0.717, 1.165) is 0 Å². The molecule has 0 spiro atoms. The van der Waals surface area contributed by atoms with E-state index in [1.165, 1.54) is 21.7 Å². The van der Waals surface area contributed by atoms with Crippen molar-refractivity contribution in [2.24, 2.45) is 7.05 Å². The third-order valence-electron chi connectivity index (χ3n) is 4.43. The monoisotopic (exact) mass is 542 g/mol. The molecule has 170 valence electrons. The van der Waals surface area contributed by atoms with Crippen molar-refractivity contribution in [3.63, 3.8) is 0 Å². The Morgan fingerprint density at radius 2 is 1.91 bits per heavy atom. The largest absolute Gasteiger partial charge is 1.00 e. The molecule has 3 N–H and O–H groups in total. The molecule has 33 heavy (non-hydrogen) atoms. The third kappa shape index (κ3) is 6.03. The molecule has 0 amide bonds. The van der Waals surface area contributed by atoms with Crippen molar-refractivity contribution >= 4 is 44.8 Å². The van der Waals surface area contributed by atoms with Gasteiger partial charge in [0.25, 0.3) is 0 Å². The van der Waals surface area contributed by atoms with E-state index < -0.39 is 46.8 Å². The van der Waals surface area contributed by atoms with E-state index in [0.29, 0.717) is 5.78 Å². The molecule has 0 aliphatic carbocycles. The number of hydrogen-bond acceptors (Lipinski definition) is 13. The van der Waals surface area contributed by atoms with Crippen LogP contribution in [0.25, 0.3) is 16.9 Å². The number of hydrogen-bond donors (Lipinski definition) is 3. The number of aromatic nitrogens is 6. The molecule has 4 heterocycles. The van der Waals surface area contributed by atoms with E-state index in [1.807, 2.05) is 0 Å². The summed E-state index contributed by atoms with van der Waals surface area (Å²) in [6, 6.07) is 0. The molecule has 1 aliphatic rings. The van der Waals surface area contributed by atoms with E-state index in [2.05, 4.69) is 23.9 Å². The molecule has 0 bridgehead atoms. The Balaban J connectivity index is 0.00000193. The number of rotatable bonds is 6. The maximum atomic E-state index is 11.5. The fourth-order valence-electron chi connectivity index (χ4n) is 3.06. The van der Waals surface area contributed by atoms with E-state index in [-0.39, 0.29) is 74.9 Å². The van der Waals surface area contributed by atoms with E-state index in [1.54, 1.807) is 11.6 Å². The van der Waals surface area contributed by atoms with Gasteiger partial charge in [0.1, 0.15) is 30.2 Å². The normalized spacial score (nSPS) is 25.0. The minimum absolute atomic E-state index is 0. The zero-order valence-corrected chi connectivity index (χ0v) is 24.0. The van der Waals surface area contributed by atoms with Gasteiger partial charge < -0.3 is 38.8 Å². The maximum absolute atomic E-state index is 11.5. The van der Waals surface area contributed by atoms with Crippen molar-refractivity contribution in [2.45, 2.75) is 24.5 Å². The van der Waals surface area contributed by atoms with Gasteiger partial charge in [-0.3, -0.25) is 13.4 Å². The van der Waals surface area contributed by atoms with Crippen LogP contribution in [0.4, 0.5) is 0 Å². The van der Waals surface area contributed by atoms with Gasteiger partial charge in [-0.1, -0.05) is 12.2 Å². The Hall–Kier alpha value is 0.380. The summed E-state index contributed by atoms with van der Waals surface area (Å²) in [5, 5.41) is 24.7. The summed E-state index contributed by atoms with van der Waals surface area (Å²) in [5.74, 6) is 0.366. The van der Waals surface area contributed by atoms with Gasteiger partial charge in [-0.05, 0) is 0 Å². The first kappa shape index (κ1) is 29.6. The second-order valence-electron chi connectivity index (χ2n) is 6.53. The second-order valence-corrected chi connectivity index (χ2v) is 9.66. The van der Waals surface area contributed by atoms with Crippen LogP contribution < -0.4 is 68.9 Å². The van der Waals surface area contributed by atoms with Gasteiger partial charge in [0.05, 0.1) is 20.8 Å². The average molecular weight is 542 g/mol. The first-order valence-corrected chi connectivity index (χ1v) is 11.7. The molecule has 0 aromatic carbocycles. The van der Waals surface area contributed by atoms with Crippen molar-refractivity contribution in [2.75, 3.05) is 6.61 Å². The Morgan fingerprint density at radius 3 is 2.55 bits per heavy atom. The first-order valence-electron chi connectivity index (χ1n) is 8.37. The van der Waals surface area contributed by atoms with Crippen molar-refractivity contribution in [3.05, 3.63) is 17.3 Å². The van der Waals surface area contributed by atoms with Gasteiger partial charge in [-0.15, -0.1) is 0 Å². The standard InChI is InChI=1S/C12H16N6O10P2S.2Na/c1-16-4-14-18-11(31)6-9(15-12(16)18)17(3-13-6)10-8(20)7(19)5(27-10)2-26-30(24,25)28-29(21,22)23;;/h3-5,7-8,10,19-20H,2H2,1H3,(H,24,25)(H2,21,22,23);;/q;2*+1/p-2/t5-,7-,8-,10-;;/m1../s1. The van der Waals surface area contributed by atoms with Crippen LogP contribution >= 0.6 is 27.9 Å². The average Bonchev–Trinajstić information content (AvgIpc) is 3.31. The summed E-state index contributed by atoms with van der Waals surface area (Å²) in [7, 11) is -9.40. The third-order valence-corrected chi connectivity index (χ3v) is 6.90. The number of aliphatic hydroxyl groups excluding tert-OH is 2. The van der Waals surface area contributed by atoms with Crippen LogP contribution in [0, 0.1) is 4.64 Å². The van der Waals surface area contributed by atoms with Crippen LogP contribution in [0.3, 0.4) is 0 Å². The zero-order valence-electron chi connectivity index (χ0n) is 17.4. The molecule has 4 rings (SSSR count). The summed E-state index contributed by atoms with van der Waals surface area (Å²) in [5.41, 5.74) is 0.479. The first-order chi connectivity index (χ1) is 14.4. The fourth-order valence-corrected chi connectivity index (χ4v) is 4.87. The van der Waals surface area contributed by atoms with E-state index in [4.69, 9.17) is 17.0 Å². The number of fused-ring (bicyclic) bond motifs is 2. The summed E-state index contributed by atoms with van der Waals surface area (Å²) in [4.78, 5) is 38.8. The van der Waals surface area contributed by atoms with Crippen molar-refractivity contribution in [1.82, 2.24) is 28.7 Å². The van der Waals surface area contributed by atoms with Gasteiger partial charge in [-0.25, -0.2) is 9.55 Å². The summed E-state index contributed by atoms with van der Waals surface area (Å²) in [6.07, 6.45) is -3.07. The molecule has 5 atom stereocenters. The van der Waals surface area contributed by atoms with Crippen LogP contribution in [0.2, 0.25) is 0 Å². The van der Waals surface area contributed by atoms with Crippen LogP contribution in [-0.4, -0.2) is 68.7 Å². The predicted octanol–water partition coefficient (Wildman–Crippen LogP) is -8.26. The van der Waals surface area contributed by atoms with Crippen molar-refractivity contribution in [3.8, 4) is 0 Å². The SMILES string of the molecule is Cn1cnn2c(=S)c3ncn([C@@H]4O[C@H](COP(=O)(O)OP(=O)([O-])[O-])[C@@H](O)[C@H]4O)c3nc12.[Na+].[Na+]. The molecule has 1 aliphatic heterocycles. The van der Waals surface area contributed by atoms with Gasteiger partial charge in [0.2, 0.25) is 5.78 Å². The topological polar surface area (TPSA) is 222 Å². The molecule has 16 nitrogen and oxygen atoms in total. The van der Waals surface area contributed by atoms with Crippen LogP contribution in [0.5, 0.6) is 0 Å². The van der Waals surface area contributed by atoms with E-state index >= 15 is 0 Å². The molecule has 3 aromatic heterocycles. The minimum Gasteiger partial charge on any atom is -0.789 e. The molecular weight excluding hydrogens is 528 g/mol. The fraction of sp³-hybridized carbons (Fsp3) is 0.500. The van der Waals surface area contributed by atoms with Crippen molar-refractivity contribution in [1.29, 1.82) is 0 Å². The van der Waals surface area contributed by atoms with Gasteiger partial charge in [0.15, 0.2) is 16.5 Å². The number of phosphoric acid groups is 2. The van der Waals surface area contributed by atoms with Gasteiger partial charge >= 0.3 is 66.9 Å². The van der Waals surface area contributed by atoms with Crippen molar-refractivity contribution < 1.29 is 107 Å². The number of phosphoric ester groups is 1. The summed E-state index contributed by atoms with van der Waals surface area (Å²) < 4.78 is 39.9. The maximum Gasteiger partial charge on any atom is 1.00 e. The molecule has 0 radical (unpaired) electrons. The molecular formula is C12H14N6Na2O10P2S. The number of aliphatic hydroxyl groups is 2. The Morgan fingerprint density at radius 1 is 1.24 bits per heavy atom. The Bertz CT molecular complexity index is 1310. The molecule has 3 aromatic rings. The molecule has 1 unspecified atom stereocenters. The summed E-state index contributed by atoms with van der Waals surface area (Å²) >= 11 is 5.35. The number of nitrogens with zero attached hydrogens (tertiary/aromatic N) is 6. The quantitative estimate of drug-likeness (QED) is 0.150. The minimum atomic E-state index is -5.81. The summed E-state index contributed by atoms with van der Waals surface area (Å²) in [6.45, 7) is -0.878. The molecule has 1 fully saturated rings. The molecule has 21 heteroatoms. The second kappa shape index (κ2) is 10.8. The van der Waals surface area contributed by atoms with E-state index in [9.17, 15) is 34.0 Å². The molecule has 0 saturated carbocycles. The van der Waals surface area contributed by atoms with Gasteiger partial charge in [-0.2, -0.15) is 14.6 Å². The zero-order chi connectivity index (χ0) is 22.7. The Labute approximate surface area is 233 Å². The van der Waals surface area contributed by atoms with Gasteiger partial charge in [0, 0.05) is 7.05 Å². The molecule has 1 saturated heterocycles. The predicted molar refractivity (Wildman–Crippen MR) is 96.5 cm³/mol. The van der Waals surface area contributed by atoms with Crippen LogP contribution in [0.1, 0.15) is 6.23 Å². The smallest absolute Gasteiger partial charge is 0.789 e. The van der Waals surface area contributed by atoms with Crippen LogP contribution in [0.15, 0.2) is 12.7 Å². The number of imidazole rings is 1. The van der Waals surface area contributed by atoms with Crippen LogP contribution in [-0.2, 0) is 29.7 Å². The number of aryl methyl sites for hydroxylation is 1.